The Hall–Kier alpha value is -2.21. The predicted molar refractivity (Wildman–Crippen MR) is 78.9 cm³/mol. The maximum absolute atomic E-state index is 11.9. The molecule has 4 N–H and O–H groups in total. The molecule has 0 bridgehead atoms. The van der Waals surface area contributed by atoms with Crippen molar-refractivity contribution in [2.24, 2.45) is 11.7 Å². The van der Waals surface area contributed by atoms with Crippen molar-refractivity contribution < 1.29 is 14.4 Å². The van der Waals surface area contributed by atoms with Crippen LogP contribution in [0.2, 0.25) is 0 Å². The Morgan fingerprint density at radius 3 is 2.67 bits per heavy atom. The Morgan fingerprint density at radius 2 is 1.95 bits per heavy atom. The summed E-state index contributed by atoms with van der Waals surface area (Å²) in [6, 6.07) is 4.69. The second-order valence-electron chi connectivity index (χ2n) is 5.31. The van der Waals surface area contributed by atoms with Crippen molar-refractivity contribution in [2.45, 2.75) is 26.2 Å². The fraction of sp³-hybridized carbons (Fsp3) is 0.400. The number of rotatable bonds is 6. The summed E-state index contributed by atoms with van der Waals surface area (Å²) in [5.41, 5.74) is 6.64. The van der Waals surface area contributed by atoms with Crippen molar-refractivity contribution in [1.29, 1.82) is 0 Å². The van der Waals surface area contributed by atoms with Crippen LogP contribution in [-0.4, -0.2) is 24.3 Å². The quantitative estimate of drug-likeness (QED) is 0.686. The van der Waals surface area contributed by atoms with Gasteiger partial charge in [0.05, 0.1) is 11.1 Å². The number of carbonyl (C=O) groups is 3. The maximum Gasteiger partial charge on any atom is 0.259 e. The van der Waals surface area contributed by atoms with Crippen LogP contribution in [0.1, 0.15) is 46.9 Å². The first kappa shape index (κ1) is 15.2. The van der Waals surface area contributed by atoms with Gasteiger partial charge in [-0.25, -0.2) is 0 Å². The van der Waals surface area contributed by atoms with Crippen molar-refractivity contribution >= 4 is 23.4 Å². The zero-order chi connectivity index (χ0) is 15.4. The molecule has 112 valence electrons. The molecule has 3 amide bonds. The van der Waals surface area contributed by atoms with E-state index in [2.05, 4.69) is 17.6 Å². The van der Waals surface area contributed by atoms with E-state index in [0.29, 0.717) is 35.7 Å². The van der Waals surface area contributed by atoms with Crippen LogP contribution >= 0.6 is 0 Å². The van der Waals surface area contributed by atoms with E-state index in [0.717, 1.165) is 12.8 Å². The largest absolute Gasteiger partial charge is 0.330 e. The molecule has 6 nitrogen and oxygen atoms in total. The number of carbonyl (C=O) groups excluding carboxylic acids is 3. The lowest BCUT2D eigenvalue weighted by molar-refractivity contribution is -0.116. The smallest absolute Gasteiger partial charge is 0.259 e. The second kappa shape index (κ2) is 6.49. The molecule has 1 heterocycles. The maximum atomic E-state index is 11.9. The Balaban J connectivity index is 1.95. The zero-order valence-electron chi connectivity index (χ0n) is 11.9. The van der Waals surface area contributed by atoms with Crippen molar-refractivity contribution in [3.05, 3.63) is 29.3 Å². The molecule has 0 saturated carbocycles. The number of amides is 3. The van der Waals surface area contributed by atoms with Gasteiger partial charge in [0, 0.05) is 12.1 Å². The number of imide groups is 1. The van der Waals surface area contributed by atoms with Gasteiger partial charge in [0.15, 0.2) is 0 Å². The van der Waals surface area contributed by atoms with Crippen molar-refractivity contribution in [3.8, 4) is 0 Å². The SMILES string of the molecule is CC(CCN)CCC(=O)Nc1ccc2c(c1)C(=O)NC2=O. The fourth-order valence-electron chi connectivity index (χ4n) is 2.28. The minimum atomic E-state index is -0.428. The van der Waals surface area contributed by atoms with Crippen molar-refractivity contribution in [1.82, 2.24) is 5.32 Å². The van der Waals surface area contributed by atoms with Crippen molar-refractivity contribution in [2.75, 3.05) is 11.9 Å². The van der Waals surface area contributed by atoms with Crippen molar-refractivity contribution in [3.63, 3.8) is 0 Å². The average molecular weight is 289 g/mol. The molecular weight excluding hydrogens is 270 g/mol. The molecule has 0 saturated heterocycles. The predicted octanol–water partition coefficient (Wildman–Crippen LogP) is 1.27. The summed E-state index contributed by atoms with van der Waals surface area (Å²) in [5.74, 6) is -0.529. The van der Waals surface area contributed by atoms with Gasteiger partial charge in [-0.1, -0.05) is 6.92 Å². The molecule has 1 aromatic rings. The number of benzene rings is 1. The normalized spacial score (nSPS) is 14.6. The number of anilines is 1. The summed E-state index contributed by atoms with van der Waals surface area (Å²) in [6.07, 6.45) is 2.07. The molecule has 1 aromatic carbocycles. The topological polar surface area (TPSA) is 101 Å². The van der Waals surface area contributed by atoms with E-state index < -0.39 is 11.8 Å². The minimum Gasteiger partial charge on any atom is -0.330 e. The van der Waals surface area contributed by atoms with Gasteiger partial charge in [-0.05, 0) is 43.5 Å². The van der Waals surface area contributed by atoms with E-state index in [1.807, 2.05) is 0 Å². The molecular formula is C15H19N3O3. The first-order valence-electron chi connectivity index (χ1n) is 7.01. The molecule has 1 aliphatic rings. The van der Waals surface area contributed by atoms with Crippen LogP contribution in [0.5, 0.6) is 0 Å². The molecule has 0 spiro atoms. The average Bonchev–Trinajstić information content (AvgIpc) is 2.72. The summed E-state index contributed by atoms with van der Waals surface area (Å²) >= 11 is 0. The van der Waals surface area contributed by atoms with Gasteiger partial charge in [0.1, 0.15) is 0 Å². The van der Waals surface area contributed by atoms with E-state index >= 15 is 0 Å². The molecule has 0 aliphatic carbocycles. The highest BCUT2D eigenvalue weighted by Gasteiger charge is 2.26. The van der Waals surface area contributed by atoms with Crippen LogP contribution in [0.4, 0.5) is 5.69 Å². The highest BCUT2D eigenvalue weighted by Crippen LogP contribution is 2.20. The van der Waals surface area contributed by atoms with Gasteiger partial charge >= 0.3 is 0 Å². The summed E-state index contributed by atoms with van der Waals surface area (Å²) in [4.78, 5) is 34.8. The molecule has 21 heavy (non-hydrogen) atoms. The van der Waals surface area contributed by atoms with Gasteiger partial charge in [0.2, 0.25) is 5.91 Å². The third kappa shape index (κ3) is 3.66. The van der Waals surface area contributed by atoms with Crippen LogP contribution in [0.15, 0.2) is 18.2 Å². The Labute approximate surface area is 123 Å². The Kier molecular flexibility index (Phi) is 4.70. The van der Waals surface area contributed by atoms with Crippen LogP contribution < -0.4 is 16.4 Å². The van der Waals surface area contributed by atoms with E-state index in [9.17, 15) is 14.4 Å². The lowest BCUT2D eigenvalue weighted by atomic mass is 10.0. The molecule has 2 rings (SSSR count). The van der Waals surface area contributed by atoms with Crippen LogP contribution in [-0.2, 0) is 4.79 Å². The summed E-state index contributed by atoms with van der Waals surface area (Å²) in [6.45, 7) is 2.68. The minimum absolute atomic E-state index is 0.108. The third-order valence-electron chi connectivity index (χ3n) is 3.54. The number of nitrogens with two attached hydrogens (primary N) is 1. The zero-order valence-corrected chi connectivity index (χ0v) is 11.9. The summed E-state index contributed by atoms with van der Waals surface area (Å²) in [5, 5.41) is 4.96. The third-order valence-corrected chi connectivity index (χ3v) is 3.54. The van der Waals surface area contributed by atoms with Gasteiger partial charge in [-0.3, -0.25) is 19.7 Å². The summed E-state index contributed by atoms with van der Waals surface area (Å²) < 4.78 is 0. The second-order valence-corrected chi connectivity index (χ2v) is 5.31. The van der Waals surface area contributed by atoms with E-state index in [1.165, 1.54) is 6.07 Å². The molecule has 1 unspecified atom stereocenters. The highest BCUT2D eigenvalue weighted by molar-refractivity contribution is 6.22. The summed E-state index contributed by atoms with van der Waals surface area (Å²) in [7, 11) is 0. The molecule has 0 radical (unpaired) electrons. The number of hydrogen-bond acceptors (Lipinski definition) is 4. The van der Waals surface area contributed by atoms with Gasteiger partial charge in [-0.15, -0.1) is 0 Å². The molecule has 1 aliphatic heterocycles. The van der Waals surface area contributed by atoms with E-state index in [4.69, 9.17) is 5.73 Å². The molecule has 6 heteroatoms. The van der Waals surface area contributed by atoms with Crippen LogP contribution in [0.25, 0.3) is 0 Å². The molecule has 0 fully saturated rings. The van der Waals surface area contributed by atoms with E-state index in [-0.39, 0.29) is 5.91 Å². The van der Waals surface area contributed by atoms with Gasteiger partial charge < -0.3 is 11.1 Å². The number of hydrogen-bond donors (Lipinski definition) is 3. The lowest BCUT2D eigenvalue weighted by Gasteiger charge is -2.10. The van der Waals surface area contributed by atoms with Crippen LogP contribution in [0.3, 0.4) is 0 Å². The monoisotopic (exact) mass is 289 g/mol. The standard InChI is InChI=1S/C15H19N3O3/c1-9(6-7-16)2-5-13(19)17-10-3-4-11-12(8-10)15(21)18-14(11)20/h3-4,8-9H,2,5-7,16H2,1H3,(H,17,19)(H,18,20,21). The Morgan fingerprint density at radius 1 is 1.24 bits per heavy atom. The lowest BCUT2D eigenvalue weighted by Crippen LogP contribution is -2.19. The highest BCUT2D eigenvalue weighted by atomic mass is 16.2. The molecule has 1 atom stereocenters. The first-order chi connectivity index (χ1) is 10.0. The van der Waals surface area contributed by atoms with Gasteiger partial charge in [0.25, 0.3) is 11.8 Å². The number of nitrogens with one attached hydrogen (secondary N) is 2. The Bertz CT molecular complexity index is 584. The fourth-order valence-corrected chi connectivity index (χ4v) is 2.28. The number of fused-ring (bicyclic) bond motifs is 1. The first-order valence-corrected chi connectivity index (χ1v) is 7.01. The van der Waals surface area contributed by atoms with E-state index in [1.54, 1.807) is 12.1 Å². The van der Waals surface area contributed by atoms with Gasteiger partial charge in [-0.2, -0.15) is 0 Å². The molecule has 0 aromatic heterocycles. The van der Waals surface area contributed by atoms with Crippen LogP contribution in [0, 0.1) is 5.92 Å².